The first-order chi connectivity index (χ1) is 18.1. The van der Waals surface area contributed by atoms with E-state index in [1.807, 2.05) is 0 Å². The molecule has 0 N–H and O–H groups in total. The van der Waals surface area contributed by atoms with Gasteiger partial charge in [-0.25, -0.2) is 9.48 Å². The average Bonchev–Trinajstić information content (AvgIpc) is 3.24. The van der Waals surface area contributed by atoms with Gasteiger partial charge in [0.1, 0.15) is 11.4 Å². The molecule has 210 valence electrons. The molecular formula is C27H28ClF3N2O5S. The van der Waals surface area contributed by atoms with E-state index < -0.39 is 38.2 Å². The molecule has 0 bridgehead atoms. The highest BCUT2D eigenvalue weighted by atomic mass is 35.5. The van der Waals surface area contributed by atoms with Crippen molar-refractivity contribution in [1.82, 2.24) is 9.78 Å². The molecule has 1 aliphatic heterocycles. The fraction of sp³-hybridized carbons (Fsp3) is 0.407. The minimum atomic E-state index is -5.26. The maximum Gasteiger partial charge on any atom is 0.491 e. The van der Waals surface area contributed by atoms with E-state index in [1.54, 1.807) is 76.2 Å². The summed E-state index contributed by atoms with van der Waals surface area (Å²) in [6.45, 7) is 6.54. The van der Waals surface area contributed by atoms with Crippen LogP contribution in [0.5, 0.6) is 11.6 Å². The molecule has 0 radical (unpaired) electrons. The second-order valence-electron chi connectivity index (χ2n) is 10.5. The van der Waals surface area contributed by atoms with E-state index in [-0.39, 0.29) is 18.7 Å². The third-order valence-corrected chi connectivity index (χ3v) is 8.88. The van der Waals surface area contributed by atoms with Crippen molar-refractivity contribution in [3.8, 4) is 28.6 Å². The Balaban J connectivity index is 1.87. The quantitative estimate of drug-likeness (QED) is 0.244. The largest absolute Gasteiger partial charge is 0.494 e. The zero-order valence-corrected chi connectivity index (χ0v) is 23.5. The van der Waals surface area contributed by atoms with Crippen LogP contribution in [0.3, 0.4) is 0 Å². The fourth-order valence-electron chi connectivity index (χ4n) is 5.05. The van der Waals surface area contributed by atoms with Crippen LogP contribution in [0, 0.1) is 0 Å². The zero-order valence-electron chi connectivity index (χ0n) is 22.0. The Morgan fingerprint density at radius 3 is 2.18 bits per heavy atom. The van der Waals surface area contributed by atoms with E-state index in [4.69, 9.17) is 25.8 Å². The predicted molar refractivity (Wildman–Crippen MR) is 142 cm³/mol. The van der Waals surface area contributed by atoms with E-state index in [1.165, 1.54) is 17.9 Å². The second kappa shape index (κ2) is 10.2. The fourth-order valence-corrected chi connectivity index (χ4v) is 7.37. The molecular weight excluding hydrogens is 557 g/mol. The number of rotatable bonds is 6. The lowest BCUT2D eigenvalue weighted by atomic mass is 9.91. The molecule has 7 nitrogen and oxygen atoms in total. The molecule has 39 heavy (non-hydrogen) atoms. The number of methoxy groups -OCH3 is 1. The number of para-hydroxylation sites is 2. The number of carbonyl (C=O) groups is 1. The molecule has 0 spiro atoms. The number of alkyl halides is 3. The van der Waals surface area contributed by atoms with Gasteiger partial charge in [-0.1, -0.05) is 35.9 Å². The monoisotopic (exact) mass is 584 g/mol. The number of ether oxygens (including phenoxy) is 3. The summed E-state index contributed by atoms with van der Waals surface area (Å²) in [5, 5.41) is 5.05. The minimum absolute atomic E-state index is 0.0971. The minimum Gasteiger partial charge on any atom is -0.494 e. The van der Waals surface area contributed by atoms with Gasteiger partial charge in [-0.05, 0) is 52.0 Å². The van der Waals surface area contributed by atoms with Crippen LogP contribution >= 0.6 is 11.6 Å². The van der Waals surface area contributed by atoms with Gasteiger partial charge in [-0.15, -0.1) is 5.10 Å². The average molecular weight is 585 g/mol. The van der Waals surface area contributed by atoms with E-state index in [0.717, 1.165) is 0 Å². The highest BCUT2D eigenvalue weighted by Gasteiger charge is 2.59. The van der Waals surface area contributed by atoms with Crippen molar-refractivity contribution in [3.63, 3.8) is 0 Å². The van der Waals surface area contributed by atoms with Crippen LogP contribution in [0.25, 0.3) is 16.9 Å². The van der Waals surface area contributed by atoms with Gasteiger partial charge in [0.05, 0.1) is 12.8 Å². The van der Waals surface area contributed by atoms with Gasteiger partial charge in [0.2, 0.25) is 5.88 Å². The normalized spacial score (nSPS) is 22.2. The standard InChI is InChI=1S/C27H28ClF3N2O5S/c1-24(2)15-26(16-25(3,4)39(24)35,38-23(34)27(29,30)31)37-22-14-20(17-10-12-18(28)13-11-17)33(32-22)19-8-6-7-9-21(19)36-5/h6-14H,15-16H2,1-5H3. The first-order valence-electron chi connectivity index (χ1n) is 12.0. The van der Waals surface area contributed by atoms with Crippen molar-refractivity contribution in [2.24, 2.45) is 0 Å². The van der Waals surface area contributed by atoms with Crippen molar-refractivity contribution < 1.29 is 36.4 Å². The van der Waals surface area contributed by atoms with Crippen molar-refractivity contribution in [3.05, 3.63) is 59.6 Å². The molecule has 3 aromatic rings. The van der Waals surface area contributed by atoms with Crippen molar-refractivity contribution in [2.75, 3.05) is 7.11 Å². The topological polar surface area (TPSA) is 79.7 Å². The Labute approximate surface area is 231 Å². The van der Waals surface area contributed by atoms with Gasteiger partial charge in [-0.3, -0.25) is 4.21 Å². The second-order valence-corrected chi connectivity index (χ2v) is 13.7. The summed E-state index contributed by atoms with van der Waals surface area (Å²) in [5.41, 5.74) is 1.73. The van der Waals surface area contributed by atoms with Crippen LogP contribution in [-0.2, 0) is 20.3 Å². The molecule has 12 heteroatoms. The number of esters is 1. The van der Waals surface area contributed by atoms with E-state index in [9.17, 15) is 22.2 Å². The Morgan fingerprint density at radius 2 is 1.62 bits per heavy atom. The van der Waals surface area contributed by atoms with E-state index in [2.05, 4.69) is 5.10 Å². The highest BCUT2D eigenvalue weighted by Crippen LogP contribution is 2.47. The van der Waals surface area contributed by atoms with E-state index >= 15 is 0 Å². The first-order valence-corrected chi connectivity index (χ1v) is 13.5. The molecule has 1 aliphatic rings. The van der Waals surface area contributed by atoms with E-state index in [0.29, 0.717) is 27.7 Å². The molecule has 1 aromatic heterocycles. The van der Waals surface area contributed by atoms with Crippen molar-refractivity contribution >= 4 is 28.4 Å². The van der Waals surface area contributed by atoms with Crippen LogP contribution in [0.4, 0.5) is 13.2 Å². The van der Waals surface area contributed by atoms with Crippen LogP contribution < -0.4 is 9.47 Å². The van der Waals surface area contributed by atoms with Crippen LogP contribution in [-0.4, -0.2) is 48.5 Å². The third kappa shape index (κ3) is 5.94. The number of benzene rings is 2. The van der Waals surface area contributed by atoms with Gasteiger partial charge < -0.3 is 14.2 Å². The molecule has 4 rings (SSSR count). The number of hydrogen-bond acceptors (Lipinski definition) is 6. The lowest BCUT2D eigenvalue weighted by molar-refractivity contribution is -0.248. The Kier molecular flexibility index (Phi) is 7.54. The number of nitrogens with zero attached hydrogens (tertiary/aromatic N) is 2. The SMILES string of the molecule is COc1ccccc1-n1nc(OC2(OC(=O)C(F)(F)F)CC(C)(C)S(=O)C(C)(C)C2)cc1-c1ccc(Cl)cc1. The summed E-state index contributed by atoms with van der Waals surface area (Å²) in [5.74, 6) is -4.11. The highest BCUT2D eigenvalue weighted by molar-refractivity contribution is 7.87. The molecule has 0 atom stereocenters. The zero-order chi connectivity index (χ0) is 28.8. The van der Waals surface area contributed by atoms with Gasteiger partial charge in [0, 0.05) is 49.8 Å². The summed E-state index contributed by atoms with van der Waals surface area (Å²) in [4.78, 5) is 12.1. The maximum absolute atomic E-state index is 13.4. The molecule has 2 aromatic carbocycles. The molecule has 1 fully saturated rings. The summed E-state index contributed by atoms with van der Waals surface area (Å²) >= 11 is 6.07. The van der Waals surface area contributed by atoms with Crippen LogP contribution in [0.2, 0.25) is 5.02 Å². The number of carbonyl (C=O) groups excluding carboxylic acids is 1. The van der Waals surface area contributed by atoms with Crippen molar-refractivity contribution in [1.29, 1.82) is 0 Å². The van der Waals surface area contributed by atoms with Gasteiger partial charge >= 0.3 is 12.1 Å². The number of aromatic nitrogens is 2. The molecule has 1 saturated heterocycles. The smallest absolute Gasteiger partial charge is 0.491 e. The van der Waals surface area contributed by atoms with Gasteiger partial charge in [0.15, 0.2) is 0 Å². The Morgan fingerprint density at radius 1 is 1.03 bits per heavy atom. The lowest BCUT2D eigenvalue weighted by Crippen LogP contribution is -2.60. The summed E-state index contributed by atoms with van der Waals surface area (Å²) < 4.78 is 69.4. The predicted octanol–water partition coefficient (Wildman–Crippen LogP) is 6.48. The Bertz CT molecular complexity index is 1380. The number of hydrogen-bond donors (Lipinski definition) is 0. The summed E-state index contributed by atoms with van der Waals surface area (Å²) in [6, 6.07) is 15.5. The summed E-state index contributed by atoms with van der Waals surface area (Å²) in [6.07, 6.45) is -5.77. The lowest BCUT2D eigenvalue weighted by Gasteiger charge is -2.49. The number of halogens is 4. The Hall–Kier alpha value is -3.05. The third-order valence-electron chi connectivity index (χ3n) is 6.33. The molecule has 0 unspecified atom stereocenters. The molecule has 2 heterocycles. The molecule has 0 saturated carbocycles. The maximum atomic E-state index is 13.4. The molecule has 0 amide bonds. The van der Waals surface area contributed by atoms with Crippen molar-refractivity contribution in [2.45, 2.75) is 62.0 Å². The summed E-state index contributed by atoms with van der Waals surface area (Å²) in [7, 11) is 0.0257. The van der Waals surface area contributed by atoms with Crippen LogP contribution in [0.1, 0.15) is 40.5 Å². The van der Waals surface area contributed by atoms with Gasteiger partial charge in [0.25, 0.3) is 5.79 Å². The van der Waals surface area contributed by atoms with Crippen LogP contribution in [0.15, 0.2) is 54.6 Å². The molecule has 0 aliphatic carbocycles. The first kappa shape index (κ1) is 28.9. The van der Waals surface area contributed by atoms with Gasteiger partial charge in [-0.2, -0.15) is 13.2 Å².